The molecule has 2 heterocycles. The van der Waals surface area contributed by atoms with Crippen LogP contribution in [-0.2, 0) is 12.6 Å². The maximum Gasteiger partial charge on any atom is 0.0586 e. The fourth-order valence-electron chi connectivity index (χ4n) is 1.98. The minimum atomic E-state index is 0.0898. The molecule has 0 bridgehead atoms. The molecule has 0 radical (unpaired) electrons. The number of piperazine rings is 1. The van der Waals surface area contributed by atoms with Crippen LogP contribution in [0.4, 0.5) is 0 Å². The Hall–Kier alpha value is -0.870. The first kappa shape index (κ1) is 9.68. The van der Waals surface area contributed by atoms with Gasteiger partial charge < -0.3 is 5.32 Å². The standard InChI is InChI=1S/C10H18N4/c1-10(8-11-4-5-13(10)2)9-6-12-14(3)7-9/h6-7,11H,4-5,8H2,1-3H3. The van der Waals surface area contributed by atoms with Crippen LogP contribution in [0.15, 0.2) is 12.4 Å². The van der Waals surface area contributed by atoms with Crippen molar-refractivity contribution in [1.29, 1.82) is 0 Å². The maximum atomic E-state index is 4.23. The molecular formula is C10H18N4. The molecule has 0 aromatic carbocycles. The third-order valence-electron chi connectivity index (χ3n) is 3.26. The lowest BCUT2D eigenvalue weighted by Gasteiger charge is -2.42. The molecule has 1 atom stereocenters. The molecule has 4 nitrogen and oxygen atoms in total. The smallest absolute Gasteiger partial charge is 0.0586 e. The minimum absolute atomic E-state index is 0.0898. The van der Waals surface area contributed by atoms with Gasteiger partial charge in [-0.3, -0.25) is 9.58 Å². The Morgan fingerprint density at radius 3 is 2.86 bits per heavy atom. The van der Waals surface area contributed by atoms with E-state index in [0.717, 1.165) is 19.6 Å². The second-order valence-corrected chi connectivity index (χ2v) is 4.27. The molecule has 1 unspecified atom stereocenters. The van der Waals surface area contributed by atoms with Crippen molar-refractivity contribution < 1.29 is 0 Å². The fourth-order valence-corrected chi connectivity index (χ4v) is 1.98. The van der Waals surface area contributed by atoms with E-state index in [1.54, 1.807) is 0 Å². The Morgan fingerprint density at radius 2 is 2.29 bits per heavy atom. The number of hydrogen-bond acceptors (Lipinski definition) is 3. The maximum absolute atomic E-state index is 4.23. The number of nitrogens with one attached hydrogen (secondary N) is 1. The highest BCUT2D eigenvalue weighted by molar-refractivity contribution is 5.19. The van der Waals surface area contributed by atoms with E-state index < -0.39 is 0 Å². The topological polar surface area (TPSA) is 33.1 Å². The molecule has 1 saturated heterocycles. The van der Waals surface area contributed by atoms with Gasteiger partial charge in [-0.25, -0.2) is 0 Å². The summed E-state index contributed by atoms with van der Waals surface area (Å²) in [5, 5.41) is 7.67. The zero-order valence-electron chi connectivity index (χ0n) is 9.12. The van der Waals surface area contributed by atoms with Gasteiger partial charge in [0.15, 0.2) is 0 Å². The zero-order valence-corrected chi connectivity index (χ0v) is 9.12. The number of rotatable bonds is 1. The van der Waals surface area contributed by atoms with Gasteiger partial charge in [0.2, 0.25) is 0 Å². The molecule has 0 spiro atoms. The van der Waals surface area contributed by atoms with Crippen molar-refractivity contribution in [3.05, 3.63) is 18.0 Å². The lowest BCUT2D eigenvalue weighted by Crippen LogP contribution is -2.55. The second-order valence-electron chi connectivity index (χ2n) is 4.27. The molecule has 14 heavy (non-hydrogen) atoms. The predicted molar refractivity (Wildman–Crippen MR) is 56.1 cm³/mol. The molecule has 1 aliphatic heterocycles. The lowest BCUT2D eigenvalue weighted by atomic mass is 9.91. The van der Waals surface area contributed by atoms with Crippen LogP contribution in [0.5, 0.6) is 0 Å². The quantitative estimate of drug-likeness (QED) is 0.692. The summed E-state index contributed by atoms with van der Waals surface area (Å²) in [7, 11) is 4.14. The third-order valence-corrected chi connectivity index (χ3v) is 3.26. The SMILES string of the molecule is CN1CCNCC1(C)c1cnn(C)c1. The summed E-state index contributed by atoms with van der Waals surface area (Å²) in [6, 6.07) is 0. The van der Waals surface area contributed by atoms with Crippen molar-refractivity contribution in [2.45, 2.75) is 12.5 Å². The molecular weight excluding hydrogens is 176 g/mol. The van der Waals surface area contributed by atoms with E-state index in [9.17, 15) is 0 Å². The molecule has 4 heteroatoms. The van der Waals surface area contributed by atoms with Crippen LogP contribution in [0.3, 0.4) is 0 Å². The molecule has 1 aliphatic rings. The minimum Gasteiger partial charge on any atom is -0.313 e. The Morgan fingerprint density at radius 1 is 1.50 bits per heavy atom. The Labute approximate surface area is 84.9 Å². The molecule has 0 aliphatic carbocycles. The van der Waals surface area contributed by atoms with E-state index in [1.165, 1.54) is 5.56 Å². The van der Waals surface area contributed by atoms with Crippen molar-refractivity contribution in [3.63, 3.8) is 0 Å². The van der Waals surface area contributed by atoms with Crippen molar-refractivity contribution in [1.82, 2.24) is 20.0 Å². The number of aryl methyl sites for hydroxylation is 1. The van der Waals surface area contributed by atoms with Crippen LogP contribution in [0.1, 0.15) is 12.5 Å². The van der Waals surface area contributed by atoms with Crippen molar-refractivity contribution >= 4 is 0 Å². The highest BCUT2D eigenvalue weighted by atomic mass is 15.3. The number of nitrogens with zero attached hydrogens (tertiary/aromatic N) is 3. The highest BCUT2D eigenvalue weighted by Gasteiger charge is 2.34. The Balaban J connectivity index is 2.29. The normalized spacial score (nSPS) is 29.4. The Kier molecular flexibility index (Phi) is 2.33. The summed E-state index contributed by atoms with van der Waals surface area (Å²) in [4.78, 5) is 2.39. The van der Waals surface area contributed by atoms with Gasteiger partial charge in [0.25, 0.3) is 0 Å². The van der Waals surface area contributed by atoms with Crippen LogP contribution in [0.2, 0.25) is 0 Å². The summed E-state index contributed by atoms with van der Waals surface area (Å²) in [6.45, 7) is 5.42. The first-order chi connectivity index (χ1) is 6.63. The van der Waals surface area contributed by atoms with Gasteiger partial charge in [-0.05, 0) is 14.0 Å². The summed E-state index contributed by atoms with van der Waals surface area (Å²) in [5.74, 6) is 0. The van der Waals surface area contributed by atoms with Crippen LogP contribution in [0.25, 0.3) is 0 Å². The van der Waals surface area contributed by atoms with E-state index in [4.69, 9.17) is 0 Å². The van der Waals surface area contributed by atoms with Gasteiger partial charge in [-0.1, -0.05) is 0 Å². The summed E-state index contributed by atoms with van der Waals surface area (Å²) in [5.41, 5.74) is 1.38. The van der Waals surface area contributed by atoms with Crippen LogP contribution in [0, 0.1) is 0 Å². The van der Waals surface area contributed by atoms with Gasteiger partial charge in [0, 0.05) is 38.4 Å². The number of hydrogen-bond donors (Lipinski definition) is 1. The average Bonchev–Trinajstić information content (AvgIpc) is 2.58. The number of aromatic nitrogens is 2. The lowest BCUT2D eigenvalue weighted by molar-refractivity contribution is 0.104. The fraction of sp³-hybridized carbons (Fsp3) is 0.700. The van der Waals surface area contributed by atoms with Crippen molar-refractivity contribution in [3.8, 4) is 0 Å². The van der Waals surface area contributed by atoms with E-state index >= 15 is 0 Å². The first-order valence-electron chi connectivity index (χ1n) is 5.04. The molecule has 1 aromatic rings. The summed E-state index contributed by atoms with van der Waals surface area (Å²) in [6.07, 6.45) is 4.06. The summed E-state index contributed by atoms with van der Waals surface area (Å²) >= 11 is 0. The van der Waals surface area contributed by atoms with Crippen LogP contribution in [-0.4, -0.2) is 41.4 Å². The van der Waals surface area contributed by atoms with Crippen LogP contribution >= 0.6 is 0 Å². The molecule has 1 fully saturated rings. The van der Waals surface area contributed by atoms with E-state index in [0.29, 0.717) is 0 Å². The molecule has 1 N–H and O–H groups in total. The van der Waals surface area contributed by atoms with Crippen molar-refractivity contribution in [2.75, 3.05) is 26.7 Å². The van der Waals surface area contributed by atoms with E-state index in [2.05, 4.69) is 35.5 Å². The van der Waals surface area contributed by atoms with Gasteiger partial charge in [-0.2, -0.15) is 5.10 Å². The Bertz CT molecular complexity index is 320. The summed E-state index contributed by atoms with van der Waals surface area (Å²) < 4.78 is 1.86. The largest absolute Gasteiger partial charge is 0.313 e. The van der Waals surface area contributed by atoms with E-state index in [1.807, 2.05) is 17.9 Å². The van der Waals surface area contributed by atoms with Crippen molar-refractivity contribution in [2.24, 2.45) is 7.05 Å². The zero-order chi connectivity index (χ0) is 10.2. The van der Waals surface area contributed by atoms with Crippen LogP contribution < -0.4 is 5.32 Å². The van der Waals surface area contributed by atoms with E-state index in [-0.39, 0.29) is 5.54 Å². The highest BCUT2D eigenvalue weighted by Crippen LogP contribution is 2.27. The molecule has 0 amide bonds. The van der Waals surface area contributed by atoms with Gasteiger partial charge in [0.05, 0.1) is 11.7 Å². The monoisotopic (exact) mass is 194 g/mol. The van der Waals surface area contributed by atoms with Gasteiger partial charge in [-0.15, -0.1) is 0 Å². The predicted octanol–water partition coefficient (Wildman–Crippen LogP) is 0.170. The molecule has 2 rings (SSSR count). The first-order valence-corrected chi connectivity index (χ1v) is 5.04. The number of likely N-dealkylation sites (N-methyl/N-ethyl adjacent to an activating group) is 1. The van der Waals surface area contributed by atoms with Gasteiger partial charge in [0.1, 0.15) is 0 Å². The average molecular weight is 194 g/mol. The molecule has 78 valence electrons. The molecule has 0 saturated carbocycles. The third kappa shape index (κ3) is 1.44. The second kappa shape index (κ2) is 3.37. The molecule has 1 aromatic heterocycles. The van der Waals surface area contributed by atoms with Gasteiger partial charge >= 0.3 is 0 Å².